The number of hydrogen-bond donors (Lipinski definition) is 0. The molecule has 12 heavy (non-hydrogen) atoms. The van der Waals surface area contributed by atoms with Gasteiger partial charge in [0.15, 0.2) is 0 Å². The number of imidazole rings is 1. The molecule has 0 atom stereocenters. The Labute approximate surface area is 73.0 Å². The second-order valence-corrected chi connectivity index (χ2v) is 3.30. The lowest BCUT2D eigenvalue weighted by molar-refractivity contribution is 0.284. The summed E-state index contributed by atoms with van der Waals surface area (Å²) >= 11 is 0. The fourth-order valence-electron chi connectivity index (χ4n) is 1.72. The van der Waals surface area contributed by atoms with Crippen LogP contribution in [0.1, 0.15) is 19.0 Å². The highest BCUT2D eigenvalue weighted by atomic mass is 15.2. The van der Waals surface area contributed by atoms with Crippen molar-refractivity contribution in [2.75, 3.05) is 13.1 Å². The van der Waals surface area contributed by atoms with Crippen molar-refractivity contribution in [3.05, 3.63) is 18.2 Å². The standard InChI is InChI=1S/C9H15N3/c1-2-11-4-3-5-12-8-10-6-9(12)7-11/h6,8H,2-5,7H2,1H3. The van der Waals surface area contributed by atoms with Crippen molar-refractivity contribution in [2.24, 2.45) is 0 Å². The molecule has 0 bridgehead atoms. The fourth-order valence-corrected chi connectivity index (χ4v) is 1.72. The molecule has 66 valence electrons. The van der Waals surface area contributed by atoms with Crippen LogP contribution >= 0.6 is 0 Å². The Morgan fingerprint density at radius 2 is 2.42 bits per heavy atom. The third kappa shape index (κ3) is 1.37. The zero-order chi connectivity index (χ0) is 8.39. The smallest absolute Gasteiger partial charge is 0.0948 e. The van der Waals surface area contributed by atoms with Crippen LogP contribution in [0.25, 0.3) is 0 Å². The van der Waals surface area contributed by atoms with Gasteiger partial charge in [0.2, 0.25) is 0 Å². The van der Waals surface area contributed by atoms with Crippen molar-refractivity contribution >= 4 is 0 Å². The third-order valence-corrected chi connectivity index (χ3v) is 2.50. The van der Waals surface area contributed by atoms with E-state index in [2.05, 4.69) is 21.4 Å². The maximum absolute atomic E-state index is 4.15. The van der Waals surface area contributed by atoms with Gasteiger partial charge in [0, 0.05) is 25.8 Å². The monoisotopic (exact) mass is 165 g/mol. The van der Waals surface area contributed by atoms with Crippen LogP contribution in [0, 0.1) is 0 Å². The van der Waals surface area contributed by atoms with Crippen LogP contribution in [0.4, 0.5) is 0 Å². The lowest BCUT2D eigenvalue weighted by Gasteiger charge is -2.15. The van der Waals surface area contributed by atoms with Gasteiger partial charge in [-0.15, -0.1) is 0 Å². The van der Waals surface area contributed by atoms with Crippen LogP contribution in [0.15, 0.2) is 12.5 Å². The van der Waals surface area contributed by atoms with Crippen LogP contribution < -0.4 is 0 Å². The summed E-state index contributed by atoms with van der Waals surface area (Å²) in [6.07, 6.45) is 5.17. The van der Waals surface area contributed by atoms with Crippen LogP contribution in [0.2, 0.25) is 0 Å². The van der Waals surface area contributed by atoms with Gasteiger partial charge < -0.3 is 4.57 Å². The zero-order valence-corrected chi connectivity index (χ0v) is 7.53. The summed E-state index contributed by atoms with van der Waals surface area (Å²) < 4.78 is 2.26. The van der Waals surface area contributed by atoms with Crippen molar-refractivity contribution in [3.63, 3.8) is 0 Å². The second-order valence-electron chi connectivity index (χ2n) is 3.30. The topological polar surface area (TPSA) is 21.1 Å². The summed E-state index contributed by atoms with van der Waals surface area (Å²) in [5.74, 6) is 0. The average molecular weight is 165 g/mol. The number of nitrogens with zero attached hydrogens (tertiary/aromatic N) is 3. The van der Waals surface area contributed by atoms with Crippen molar-refractivity contribution in [2.45, 2.75) is 26.4 Å². The van der Waals surface area contributed by atoms with E-state index in [4.69, 9.17) is 0 Å². The number of fused-ring (bicyclic) bond motifs is 1. The van der Waals surface area contributed by atoms with Crippen LogP contribution in [-0.4, -0.2) is 27.5 Å². The van der Waals surface area contributed by atoms with E-state index in [1.54, 1.807) is 0 Å². The van der Waals surface area contributed by atoms with Gasteiger partial charge in [-0.25, -0.2) is 4.98 Å². The van der Waals surface area contributed by atoms with Crippen molar-refractivity contribution in [1.82, 2.24) is 14.5 Å². The van der Waals surface area contributed by atoms with E-state index in [-0.39, 0.29) is 0 Å². The predicted molar refractivity (Wildman–Crippen MR) is 47.8 cm³/mol. The number of aromatic nitrogens is 2. The molecule has 2 rings (SSSR count). The van der Waals surface area contributed by atoms with Gasteiger partial charge in [0.25, 0.3) is 0 Å². The first-order valence-corrected chi connectivity index (χ1v) is 4.61. The Morgan fingerprint density at radius 1 is 1.50 bits per heavy atom. The Balaban J connectivity index is 2.18. The molecule has 0 N–H and O–H groups in total. The summed E-state index contributed by atoms with van der Waals surface area (Å²) in [5, 5.41) is 0. The highest BCUT2D eigenvalue weighted by Crippen LogP contribution is 2.10. The normalized spacial score (nSPS) is 18.8. The molecular weight excluding hydrogens is 150 g/mol. The lowest BCUT2D eigenvalue weighted by Crippen LogP contribution is -2.22. The van der Waals surface area contributed by atoms with Gasteiger partial charge in [0.05, 0.1) is 12.0 Å². The minimum Gasteiger partial charge on any atom is -0.333 e. The van der Waals surface area contributed by atoms with Gasteiger partial charge in [-0.2, -0.15) is 0 Å². The van der Waals surface area contributed by atoms with E-state index in [0.29, 0.717) is 0 Å². The largest absolute Gasteiger partial charge is 0.333 e. The molecule has 1 aromatic heterocycles. The van der Waals surface area contributed by atoms with E-state index in [0.717, 1.165) is 19.6 Å². The molecule has 0 aromatic carbocycles. The lowest BCUT2D eigenvalue weighted by atomic mass is 10.4. The molecule has 1 aliphatic heterocycles. The highest BCUT2D eigenvalue weighted by molar-refractivity contribution is 4.99. The molecule has 3 nitrogen and oxygen atoms in total. The first kappa shape index (κ1) is 7.80. The fraction of sp³-hybridized carbons (Fsp3) is 0.667. The molecule has 0 radical (unpaired) electrons. The van der Waals surface area contributed by atoms with Gasteiger partial charge in [-0.3, -0.25) is 4.90 Å². The van der Waals surface area contributed by atoms with Crippen LogP contribution in [0.5, 0.6) is 0 Å². The van der Waals surface area contributed by atoms with E-state index in [9.17, 15) is 0 Å². The van der Waals surface area contributed by atoms with E-state index in [1.807, 2.05) is 12.5 Å². The molecule has 0 fully saturated rings. The molecule has 0 unspecified atom stereocenters. The van der Waals surface area contributed by atoms with E-state index >= 15 is 0 Å². The summed E-state index contributed by atoms with van der Waals surface area (Å²) in [4.78, 5) is 6.61. The maximum atomic E-state index is 4.15. The van der Waals surface area contributed by atoms with Gasteiger partial charge in [0.1, 0.15) is 0 Å². The molecule has 0 amide bonds. The molecule has 0 spiro atoms. The Bertz CT molecular complexity index is 254. The van der Waals surface area contributed by atoms with Crippen LogP contribution in [-0.2, 0) is 13.1 Å². The van der Waals surface area contributed by atoms with Crippen LogP contribution in [0.3, 0.4) is 0 Å². The van der Waals surface area contributed by atoms with Crippen molar-refractivity contribution in [1.29, 1.82) is 0 Å². The number of aryl methyl sites for hydroxylation is 1. The number of rotatable bonds is 1. The molecular formula is C9H15N3. The zero-order valence-electron chi connectivity index (χ0n) is 7.53. The summed E-state index contributed by atoms with van der Waals surface area (Å²) in [6.45, 7) is 6.78. The molecule has 1 aromatic rings. The minimum atomic E-state index is 1.07. The SMILES string of the molecule is CCN1CCCn2cncc2C1. The summed E-state index contributed by atoms with van der Waals surface area (Å²) in [6, 6.07) is 0. The third-order valence-electron chi connectivity index (χ3n) is 2.50. The highest BCUT2D eigenvalue weighted by Gasteiger charge is 2.11. The quantitative estimate of drug-likeness (QED) is 0.621. The van der Waals surface area contributed by atoms with Crippen molar-refractivity contribution in [3.8, 4) is 0 Å². The van der Waals surface area contributed by atoms with Gasteiger partial charge >= 0.3 is 0 Å². The summed E-state index contributed by atoms with van der Waals surface area (Å²) in [5.41, 5.74) is 1.36. The first-order valence-electron chi connectivity index (χ1n) is 4.61. The minimum absolute atomic E-state index is 1.07. The van der Waals surface area contributed by atoms with Gasteiger partial charge in [-0.1, -0.05) is 6.92 Å². The first-order chi connectivity index (χ1) is 5.90. The maximum Gasteiger partial charge on any atom is 0.0948 e. The molecule has 1 aliphatic rings. The Morgan fingerprint density at radius 3 is 3.25 bits per heavy atom. The summed E-state index contributed by atoms with van der Waals surface area (Å²) in [7, 11) is 0. The Hall–Kier alpha value is -0.830. The Kier molecular flexibility index (Phi) is 2.13. The number of hydrogen-bond acceptors (Lipinski definition) is 2. The molecule has 2 heterocycles. The predicted octanol–water partition coefficient (Wildman–Crippen LogP) is 1.11. The molecule has 0 saturated carbocycles. The molecule has 3 heteroatoms. The van der Waals surface area contributed by atoms with Crippen molar-refractivity contribution < 1.29 is 0 Å². The molecule has 0 aliphatic carbocycles. The van der Waals surface area contributed by atoms with E-state index < -0.39 is 0 Å². The van der Waals surface area contributed by atoms with Gasteiger partial charge in [-0.05, 0) is 13.0 Å². The van der Waals surface area contributed by atoms with E-state index in [1.165, 1.54) is 18.7 Å². The molecule has 0 saturated heterocycles. The second kappa shape index (κ2) is 3.27. The average Bonchev–Trinajstić information content (AvgIpc) is 2.43.